The van der Waals surface area contributed by atoms with Gasteiger partial charge in [0, 0.05) is 5.41 Å². The summed E-state index contributed by atoms with van der Waals surface area (Å²) in [5.74, 6) is 1.25. The van der Waals surface area contributed by atoms with Gasteiger partial charge in [0.05, 0.1) is 50.3 Å². The third-order valence-electron chi connectivity index (χ3n) is 9.95. The zero-order valence-electron chi connectivity index (χ0n) is 18.2. The van der Waals surface area contributed by atoms with Gasteiger partial charge in [-0.15, -0.1) is 0 Å². The van der Waals surface area contributed by atoms with Crippen molar-refractivity contribution in [2.24, 2.45) is 22.7 Å². The van der Waals surface area contributed by atoms with E-state index in [9.17, 15) is 0 Å². The monoisotopic (exact) mass is 400 g/mol. The van der Waals surface area contributed by atoms with Crippen LogP contribution in [0.5, 0.6) is 0 Å². The molecular formula is C25H36O4. The highest BCUT2D eigenvalue weighted by molar-refractivity contribution is 5.40. The molecule has 4 heteroatoms. The average molecular weight is 401 g/mol. The molecule has 2 aliphatic heterocycles. The van der Waals surface area contributed by atoms with Crippen molar-refractivity contribution in [3.8, 4) is 0 Å². The summed E-state index contributed by atoms with van der Waals surface area (Å²) in [6.45, 7) is 10.3. The van der Waals surface area contributed by atoms with E-state index in [1.54, 1.807) is 11.1 Å². The summed E-state index contributed by atoms with van der Waals surface area (Å²) in [5, 5.41) is 0. The summed E-state index contributed by atoms with van der Waals surface area (Å²) >= 11 is 0. The number of hydrogen-bond acceptors (Lipinski definition) is 4. The minimum atomic E-state index is -0.107. The first-order valence-electron chi connectivity index (χ1n) is 11.9. The Morgan fingerprint density at radius 3 is 2.45 bits per heavy atom. The second kappa shape index (κ2) is 6.41. The predicted molar refractivity (Wildman–Crippen MR) is 111 cm³/mol. The van der Waals surface area contributed by atoms with Gasteiger partial charge in [-0.3, -0.25) is 0 Å². The number of rotatable bonds is 0. The molecule has 5 fully saturated rings. The van der Waals surface area contributed by atoms with E-state index < -0.39 is 0 Å². The standard InChI is InChI=1S/C25H36O4/c1-16-25(29-13-12-26-16)9-7-20-18-5-4-17-14-21-22(28-11-10-27-21)15-23(17,2)19(18)6-8-24(20,25)3/h4-5,16,19-22H,6-15H2,1-3H3/t16?,19-,20-,21?,22?,23-,24-,25-/m0/s1. The van der Waals surface area contributed by atoms with E-state index >= 15 is 0 Å². The zero-order valence-corrected chi connectivity index (χ0v) is 18.2. The van der Waals surface area contributed by atoms with Crippen molar-refractivity contribution in [3.63, 3.8) is 0 Å². The van der Waals surface area contributed by atoms with Gasteiger partial charge >= 0.3 is 0 Å². The Balaban J connectivity index is 1.36. The third-order valence-corrected chi connectivity index (χ3v) is 9.95. The minimum absolute atomic E-state index is 0.107. The van der Waals surface area contributed by atoms with Crippen LogP contribution in [0.2, 0.25) is 0 Å². The number of allylic oxidation sites excluding steroid dienone is 3. The van der Waals surface area contributed by atoms with E-state index in [1.165, 1.54) is 19.3 Å². The molecule has 0 aromatic rings. The van der Waals surface area contributed by atoms with Gasteiger partial charge in [0.25, 0.3) is 0 Å². The average Bonchev–Trinajstić information content (AvgIpc) is 3.01. The highest BCUT2D eigenvalue weighted by Gasteiger charge is 2.66. The van der Waals surface area contributed by atoms with Crippen molar-refractivity contribution in [2.75, 3.05) is 26.4 Å². The molecule has 29 heavy (non-hydrogen) atoms. The van der Waals surface area contributed by atoms with Crippen molar-refractivity contribution in [1.29, 1.82) is 0 Å². The second-order valence-electron chi connectivity index (χ2n) is 10.9. The van der Waals surface area contributed by atoms with Crippen LogP contribution >= 0.6 is 0 Å². The van der Waals surface area contributed by atoms with Gasteiger partial charge in [-0.1, -0.05) is 37.1 Å². The Hall–Kier alpha value is -0.680. The highest BCUT2D eigenvalue weighted by atomic mass is 16.6. The van der Waals surface area contributed by atoms with Crippen LogP contribution in [0.1, 0.15) is 59.3 Å². The third kappa shape index (κ3) is 2.41. The van der Waals surface area contributed by atoms with Crippen molar-refractivity contribution in [1.82, 2.24) is 0 Å². The Bertz CT molecular complexity index is 758. The molecule has 3 saturated carbocycles. The van der Waals surface area contributed by atoms with Gasteiger partial charge in [-0.05, 0) is 62.7 Å². The van der Waals surface area contributed by atoms with Crippen molar-refractivity contribution < 1.29 is 18.9 Å². The van der Waals surface area contributed by atoms with E-state index in [0.29, 0.717) is 11.8 Å². The quantitative estimate of drug-likeness (QED) is 0.602. The molecule has 1 spiro atoms. The van der Waals surface area contributed by atoms with Crippen LogP contribution in [0, 0.1) is 22.7 Å². The summed E-state index contributed by atoms with van der Waals surface area (Å²) in [5.41, 5.74) is 3.58. The maximum atomic E-state index is 6.59. The molecule has 0 aromatic carbocycles. The van der Waals surface area contributed by atoms with Gasteiger partial charge in [0.1, 0.15) is 0 Å². The molecule has 3 unspecified atom stereocenters. The molecule has 4 nitrogen and oxygen atoms in total. The molecule has 160 valence electrons. The van der Waals surface area contributed by atoms with Gasteiger partial charge in [0.15, 0.2) is 0 Å². The molecule has 0 radical (unpaired) electrons. The maximum absolute atomic E-state index is 6.59. The van der Waals surface area contributed by atoms with Crippen LogP contribution in [0.4, 0.5) is 0 Å². The van der Waals surface area contributed by atoms with Crippen LogP contribution < -0.4 is 0 Å². The fourth-order valence-electron chi connectivity index (χ4n) is 8.37. The number of ether oxygens (including phenoxy) is 4. The summed E-state index contributed by atoms with van der Waals surface area (Å²) in [7, 11) is 0. The lowest BCUT2D eigenvalue weighted by atomic mass is 9.49. The van der Waals surface area contributed by atoms with E-state index in [4.69, 9.17) is 18.9 Å². The largest absolute Gasteiger partial charge is 0.373 e. The fraction of sp³-hybridized carbons (Fsp3) is 0.840. The predicted octanol–water partition coefficient (Wildman–Crippen LogP) is 4.44. The molecule has 2 heterocycles. The molecule has 0 amide bonds. The first kappa shape index (κ1) is 19.0. The Morgan fingerprint density at radius 2 is 1.62 bits per heavy atom. The van der Waals surface area contributed by atoms with E-state index in [0.717, 1.165) is 45.7 Å². The number of fused-ring (bicyclic) bond motifs is 7. The lowest BCUT2D eigenvalue weighted by Crippen LogP contribution is -2.60. The smallest absolute Gasteiger partial charge is 0.1000 e. The molecule has 0 N–H and O–H groups in total. The van der Waals surface area contributed by atoms with Crippen LogP contribution in [-0.2, 0) is 18.9 Å². The van der Waals surface area contributed by atoms with Gasteiger partial charge < -0.3 is 18.9 Å². The van der Waals surface area contributed by atoms with Crippen molar-refractivity contribution in [3.05, 3.63) is 23.3 Å². The van der Waals surface area contributed by atoms with Crippen LogP contribution in [0.15, 0.2) is 23.3 Å². The summed E-state index contributed by atoms with van der Waals surface area (Å²) in [6, 6.07) is 0. The van der Waals surface area contributed by atoms with E-state index in [1.807, 2.05) is 0 Å². The lowest BCUT2D eigenvalue weighted by molar-refractivity contribution is -0.244. The molecule has 4 aliphatic carbocycles. The van der Waals surface area contributed by atoms with Crippen molar-refractivity contribution in [2.45, 2.75) is 83.2 Å². The van der Waals surface area contributed by atoms with Crippen LogP contribution in [0.3, 0.4) is 0 Å². The molecule has 2 saturated heterocycles. The number of hydrogen-bond donors (Lipinski definition) is 0. The van der Waals surface area contributed by atoms with Gasteiger partial charge in [-0.2, -0.15) is 0 Å². The molecule has 6 rings (SSSR count). The Labute approximate surface area is 175 Å². The van der Waals surface area contributed by atoms with Crippen LogP contribution in [-0.4, -0.2) is 50.3 Å². The normalized spacial score (nSPS) is 54.0. The zero-order chi connectivity index (χ0) is 19.9. The minimum Gasteiger partial charge on any atom is -0.373 e. The topological polar surface area (TPSA) is 36.9 Å². The Morgan fingerprint density at radius 1 is 0.862 bits per heavy atom. The molecule has 6 aliphatic rings. The summed E-state index contributed by atoms with van der Waals surface area (Å²) < 4.78 is 25.0. The van der Waals surface area contributed by atoms with Crippen molar-refractivity contribution >= 4 is 0 Å². The van der Waals surface area contributed by atoms with Gasteiger partial charge in [-0.25, -0.2) is 0 Å². The maximum Gasteiger partial charge on any atom is 0.1000 e. The first-order chi connectivity index (χ1) is 14.0. The van der Waals surface area contributed by atoms with E-state index in [2.05, 4.69) is 32.9 Å². The van der Waals surface area contributed by atoms with Gasteiger partial charge in [0.2, 0.25) is 0 Å². The first-order valence-corrected chi connectivity index (χ1v) is 11.9. The molecule has 0 bridgehead atoms. The van der Waals surface area contributed by atoms with E-state index in [-0.39, 0.29) is 34.7 Å². The second-order valence-corrected chi connectivity index (χ2v) is 10.9. The molecule has 0 aromatic heterocycles. The Kier molecular flexibility index (Phi) is 4.21. The lowest BCUT2D eigenvalue weighted by Gasteiger charge is -2.59. The molecular weight excluding hydrogens is 364 g/mol. The molecule has 8 atom stereocenters. The summed E-state index contributed by atoms with van der Waals surface area (Å²) in [6.07, 6.45) is 12.7. The fourth-order valence-corrected chi connectivity index (χ4v) is 8.37. The highest BCUT2D eigenvalue weighted by Crippen LogP contribution is 2.68. The summed E-state index contributed by atoms with van der Waals surface area (Å²) in [4.78, 5) is 0. The SMILES string of the molecule is CC1OCCO[C@@]12CC[C@H]1C3=CC=C4CC5OCCOC5C[C@]4(C)[C@H]3CC[C@@]12C. The van der Waals surface area contributed by atoms with Crippen LogP contribution in [0.25, 0.3) is 0 Å².